The molecule has 0 aliphatic rings. The topological polar surface area (TPSA) is 81.3 Å². The molecule has 1 aromatic carbocycles. The molecule has 110 valence electrons. The first-order chi connectivity index (χ1) is 9.88. The molecule has 0 N–H and O–H groups in total. The van der Waals surface area contributed by atoms with Gasteiger partial charge in [-0.1, -0.05) is 11.6 Å². The van der Waals surface area contributed by atoms with E-state index in [9.17, 15) is 14.9 Å². The average Bonchev–Trinajstić information content (AvgIpc) is 2.42. The Bertz CT molecular complexity index is 742. The third kappa shape index (κ3) is 3.38. The minimum atomic E-state index is -0.509. The van der Waals surface area contributed by atoms with Crippen LogP contribution in [0.1, 0.15) is 5.56 Å². The molecule has 0 radical (unpaired) electrons. The number of nitrogens with zero attached hydrogens (tertiary/aromatic N) is 4. The molecule has 0 spiro atoms. The van der Waals surface area contributed by atoms with E-state index in [2.05, 4.69) is 5.10 Å². The van der Waals surface area contributed by atoms with Gasteiger partial charge in [-0.05, 0) is 11.6 Å². The first-order valence-electron chi connectivity index (χ1n) is 6.06. The van der Waals surface area contributed by atoms with Crippen LogP contribution in [0.2, 0.25) is 5.02 Å². The second-order valence-corrected chi connectivity index (χ2v) is 5.04. The number of nitro groups is 1. The lowest BCUT2D eigenvalue weighted by atomic mass is 10.2. The summed E-state index contributed by atoms with van der Waals surface area (Å²) in [5.74, 6) is 0. The summed E-state index contributed by atoms with van der Waals surface area (Å²) >= 11 is 6.01. The van der Waals surface area contributed by atoms with Gasteiger partial charge in [0.1, 0.15) is 0 Å². The Hall–Kier alpha value is -2.41. The van der Waals surface area contributed by atoms with E-state index in [-0.39, 0.29) is 17.8 Å². The second-order valence-electron chi connectivity index (χ2n) is 4.64. The van der Waals surface area contributed by atoms with Gasteiger partial charge in [-0.25, -0.2) is 4.68 Å². The molecule has 21 heavy (non-hydrogen) atoms. The molecule has 2 aromatic rings. The van der Waals surface area contributed by atoms with Crippen molar-refractivity contribution in [2.75, 3.05) is 19.0 Å². The van der Waals surface area contributed by atoms with E-state index in [0.29, 0.717) is 16.3 Å². The monoisotopic (exact) mass is 308 g/mol. The van der Waals surface area contributed by atoms with Gasteiger partial charge >= 0.3 is 0 Å². The highest BCUT2D eigenvalue weighted by atomic mass is 35.5. The lowest BCUT2D eigenvalue weighted by Gasteiger charge is -2.12. The molecule has 0 saturated carbocycles. The maximum absolute atomic E-state index is 12.0. The first-order valence-corrected chi connectivity index (χ1v) is 6.43. The highest BCUT2D eigenvalue weighted by Gasteiger charge is 2.11. The van der Waals surface area contributed by atoms with Crippen molar-refractivity contribution >= 4 is 23.0 Å². The molecule has 0 saturated heterocycles. The van der Waals surface area contributed by atoms with Crippen molar-refractivity contribution in [3.8, 4) is 0 Å². The molecular formula is C13H13ClN4O3. The minimum absolute atomic E-state index is 0.0764. The molecule has 0 aliphatic carbocycles. The molecule has 0 amide bonds. The summed E-state index contributed by atoms with van der Waals surface area (Å²) in [6.07, 6.45) is 1.55. The fourth-order valence-corrected chi connectivity index (χ4v) is 1.92. The van der Waals surface area contributed by atoms with Gasteiger partial charge in [0.05, 0.1) is 23.4 Å². The smallest absolute Gasteiger partial charge is 0.269 e. The van der Waals surface area contributed by atoms with Gasteiger partial charge in [-0.3, -0.25) is 14.9 Å². The summed E-state index contributed by atoms with van der Waals surface area (Å²) in [5, 5.41) is 15.2. The number of benzene rings is 1. The number of hydrogen-bond acceptors (Lipinski definition) is 5. The average molecular weight is 309 g/mol. The van der Waals surface area contributed by atoms with Crippen LogP contribution in [0.15, 0.2) is 35.3 Å². The fraction of sp³-hybridized carbons (Fsp3) is 0.231. The number of anilines is 1. The van der Waals surface area contributed by atoms with Gasteiger partial charge in [0.15, 0.2) is 0 Å². The Kier molecular flexibility index (Phi) is 4.23. The Morgan fingerprint density at radius 3 is 2.67 bits per heavy atom. The van der Waals surface area contributed by atoms with Crippen molar-refractivity contribution < 1.29 is 4.92 Å². The third-order valence-electron chi connectivity index (χ3n) is 2.93. The van der Waals surface area contributed by atoms with Crippen LogP contribution in [0.3, 0.4) is 0 Å². The van der Waals surface area contributed by atoms with E-state index in [1.54, 1.807) is 25.2 Å². The molecule has 2 rings (SSSR count). The summed E-state index contributed by atoms with van der Waals surface area (Å²) in [7, 11) is 3.61. The van der Waals surface area contributed by atoms with Gasteiger partial charge in [0.2, 0.25) is 0 Å². The molecule has 0 bridgehead atoms. The van der Waals surface area contributed by atoms with E-state index >= 15 is 0 Å². The number of non-ortho nitro benzene ring substituents is 1. The summed E-state index contributed by atoms with van der Waals surface area (Å²) in [6.45, 7) is 0.0764. The van der Waals surface area contributed by atoms with Gasteiger partial charge in [0.25, 0.3) is 11.2 Å². The van der Waals surface area contributed by atoms with Crippen molar-refractivity contribution in [1.29, 1.82) is 0 Å². The SMILES string of the molecule is CN(C)c1cnn(Cc2cc([N+](=O)[O-])ccc2Cl)c(=O)c1. The molecule has 1 heterocycles. The van der Waals surface area contributed by atoms with Crippen LogP contribution in [-0.2, 0) is 6.54 Å². The maximum Gasteiger partial charge on any atom is 0.269 e. The predicted molar refractivity (Wildman–Crippen MR) is 80.0 cm³/mol. The largest absolute Gasteiger partial charge is 0.376 e. The highest BCUT2D eigenvalue weighted by molar-refractivity contribution is 6.31. The lowest BCUT2D eigenvalue weighted by molar-refractivity contribution is -0.384. The van der Waals surface area contributed by atoms with E-state index < -0.39 is 4.92 Å². The molecule has 8 heteroatoms. The molecule has 1 aromatic heterocycles. The standard InChI is InChI=1S/C13H13ClN4O3/c1-16(2)11-6-13(19)17(15-7-11)8-9-5-10(18(20)21)3-4-12(9)14/h3-7H,8H2,1-2H3. The van der Waals surface area contributed by atoms with Crippen molar-refractivity contribution in [3.63, 3.8) is 0 Å². The van der Waals surface area contributed by atoms with E-state index in [1.165, 1.54) is 28.9 Å². The van der Waals surface area contributed by atoms with Crippen LogP contribution >= 0.6 is 11.6 Å². The van der Waals surface area contributed by atoms with Crippen molar-refractivity contribution in [2.45, 2.75) is 6.54 Å². The second kappa shape index (κ2) is 5.92. The van der Waals surface area contributed by atoms with Gasteiger partial charge in [-0.15, -0.1) is 0 Å². The maximum atomic E-state index is 12.0. The van der Waals surface area contributed by atoms with E-state index in [0.717, 1.165) is 0 Å². The van der Waals surface area contributed by atoms with E-state index in [4.69, 9.17) is 11.6 Å². The van der Waals surface area contributed by atoms with E-state index in [1.807, 2.05) is 0 Å². The van der Waals surface area contributed by atoms with Gasteiger partial charge < -0.3 is 4.90 Å². The Labute approximate surface area is 125 Å². The molecule has 0 fully saturated rings. The fourth-order valence-electron chi connectivity index (χ4n) is 1.74. The van der Waals surface area contributed by atoms with Gasteiger partial charge in [0, 0.05) is 37.3 Å². The number of hydrogen-bond donors (Lipinski definition) is 0. The Balaban J connectivity index is 2.36. The number of halogens is 1. The predicted octanol–water partition coefficient (Wildman–Crippen LogP) is 1.92. The summed E-state index contributed by atoms with van der Waals surface area (Å²) in [6, 6.07) is 5.54. The Morgan fingerprint density at radius 2 is 2.10 bits per heavy atom. The van der Waals surface area contributed by atoms with Crippen LogP contribution in [0, 0.1) is 10.1 Å². The first kappa shape index (κ1) is 15.0. The third-order valence-corrected chi connectivity index (χ3v) is 3.30. The van der Waals surface area contributed by atoms with Crippen LogP contribution in [0.4, 0.5) is 11.4 Å². The number of nitro benzene ring substituents is 1. The summed E-state index contributed by atoms with van der Waals surface area (Å²) < 4.78 is 1.21. The highest BCUT2D eigenvalue weighted by Crippen LogP contribution is 2.22. The van der Waals surface area contributed by atoms with Crippen LogP contribution in [-0.4, -0.2) is 28.8 Å². The molecule has 0 aliphatic heterocycles. The summed E-state index contributed by atoms with van der Waals surface area (Å²) in [4.78, 5) is 24.0. The van der Waals surface area contributed by atoms with Crippen molar-refractivity contribution in [2.24, 2.45) is 0 Å². The van der Waals surface area contributed by atoms with Gasteiger partial charge in [-0.2, -0.15) is 5.10 Å². The lowest BCUT2D eigenvalue weighted by Crippen LogP contribution is -2.24. The minimum Gasteiger partial charge on any atom is -0.376 e. The van der Waals surface area contributed by atoms with Crippen LogP contribution in [0.5, 0.6) is 0 Å². The quantitative estimate of drug-likeness (QED) is 0.636. The summed E-state index contributed by atoms with van der Waals surface area (Å²) in [5.41, 5.74) is 0.774. The molecule has 0 atom stereocenters. The zero-order valence-corrected chi connectivity index (χ0v) is 12.2. The molecule has 0 unspecified atom stereocenters. The number of rotatable bonds is 4. The zero-order valence-electron chi connectivity index (χ0n) is 11.5. The van der Waals surface area contributed by atoms with Crippen molar-refractivity contribution in [1.82, 2.24) is 9.78 Å². The van der Waals surface area contributed by atoms with Crippen LogP contribution < -0.4 is 10.5 Å². The zero-order chi connectivity index (χ0) is 15.6. The van der Waals surface area contributed by atoms with Crippen molar-refractivity contribution in [3.05, 3.63) is 61.5 Å². The number of aromatic nitrogens is 2. The van der Waals surface area contributed by atoms with Crippen LogP contribution in [0.25, 0.3) is 0 Å². The Morgan fingerprint density at radius 1 is 1.38 bits per heavy atom. The molecular weight excluding hydrogens is 296 g/mol. The molecule has 7 nitrogen and oxygen atoms in total. The normalized spacial score (nSPS) is 10.4.